The molecule has 2 aromatic carbocycles. The topological polar surface area (TPSA) is 27.8 Å². The maximum atomic E-state index is 13.5. The first kappa shape index (κ1) is 11.7. The fraction of sp³-hybridized carbons (Fsp3) is 0.176. The van der Waals surface area contributed by atoms with E-state index in [2.05, 4.69) is 28.5 Å². The van der Waals surface area contributed by atoms with Crippen LogP contribution in [0.5, 0.6) is 0 Å². The van der Waals surface area contributed by atoms with Crippen molar-refractivity contribution < 1.29 is 4.39 Å². The van der Waals surface area contributed by atoms with Crippen molar-refractivity contribution in [2.24, 2.45) is 0 Å². The maximum Gasteiger partial charge on any atom is 0.123 e. The van der Waals surface area contributed by atoms with Crippen LogP contribution in [-0.2, 0) is 6.42 Å². The molecule has 1 atom stereocenters. The lowest BCUT2D eigenvalue weighted by molar-refractivity contribution is 0.553. The number of para-hydroxylation sites is 1. The van der Waals surface area contributed by atoms with E-state index in [9.17, 15) is 4.39 Å². The number of hydrogen-bond donors (Lipinski definition) is 2. The minimum absolute atomic E-state index is 0.0434. The van der Waals surface area contributed by atoms with Gasteiger partial charge < -0.3 is 10.3 Å². The molecule has 0 spiro atoms. The number of halogens is 1. The SMILES string of the molecule is Fc1cccc([C@H]2NCCc3c2[nH]c2ccccc32)c1. The van der Waals surface area contributed by atoms with Gasteiger partial charge in [0.15, 0.2) is 0 Å². The molecule has 3 heteroatoms. The lowest BCUT2D eigenvalue weighted by Crippen LogP contribution is -2.30. The molecule has 0 bridgehead atoms. The normalized spacial score (nSPS) is 18.1. The zero-order valence-corrected chi connectivity index (χ0v) is 11.0. The Morgan fingerprint density at radius 3 is 2.85 bits per heavy atom. The Bertz CT molecular complexity index is 776. The number of nitrogens with one attached hydrogen (secondary N) is 2. The zero-order chi connectivity index (χ0) is 13.5. The van der Waals surface area contributed by atoms with Gasteiger partial charge in [0.1, 0.15) is 5.82 Å². The van der Waals surface area contributed by atoms with Gasteiger partial charge in [-0.3, -0.25) is 0 Å². The molecule has 2 nitrogen and oxygen atoms in total. The molecule has 0 saturated carbocycles. The summed E-state index contributed by atoms with van der Waals surface area (Å²) in [4.78, 5) is 3.50. The number of H-pyrrole nitrogens is 1. The highest BCUT2D eigenvalue weighted by atomic mass is 19.1. The molecule has 1 aromatic heterocycles. The first-order chi connectivity index (χ1) is 9.83. The summed E-state index contributed by atoms with van der Waals surface area (Å²) < 4.78 is 13.5. The Labute approximate surface area is 116 Å². The molecule has 20 heavy (non-hydrogen) atoms. The van der Waals surface area contributed by atoms with Crippen LogP contribution in [0.2, 0.25) is 0 Å². The molecule has 0 radical (unpaired) electrons. The minimum Gasteiger partial charge on any atom is -0.357 e. The Hall–Kier alpha value is -2.13. The van der Waals surface area contributed by atoms with Crippen LogP contribution in [0.1, 0.15) is 22.9 Å². The second-order valence-corrected chi connectivity index (χ2v) is 5.25. The Balaban J connectivity index is 1.90. The molecule has 1 aliphatic rings. The van der Waals surface area contributed by atoms with Gasteiger partial charge in [0.05, 0.1) is 6.04 Å². The van der Waals surface area contributed by atoms with Gasteiger partial charge in [0.25, 0.3) is 0 Å². The van der Waals surface area contributed by atoms with Crippen LogP contribution in [0.15, 0.2) is 48.5 Å². The highest BCUT2D eigenvalue weighted by Gasteiger charge is 2.25. The molecule has 0 aliphatic carbocycles. The highest BCUT2D eigenvalue weighted by molar-refractivity contribution is 5.85. The van der Waals surface area contributed by atoms with E-state index in [1.54, 1.807) is 12.1 Å². The Kier molecular flexibility index (Phi) is 2.60. The monoisotopic (exact) mass is 266 g/mol. The van der Waals surface area contributed by atoms with E-state index >= 15 is 0 Å². The molecule has 0 amide bonds. The predicted octanol–water partition coefficient (Wildman–Crippen LogP) is 3.54. The number of rotatable bonds is 1. The van der Waals surface area contributed by atoms with Gasteiger partial charge in [-0.15, -0.1) is 0 Å². The third-order valence-electron chi connectivity index (χ3n) is 4.04. The fourth-order valence-electron chi connectivity index (χ4n) is 3.15. The summed E-state index contributed by atoms with van der Waals surface area (Å²) in [5.74, 6) is -0.187. The summed E-state index contributed by atoms with van der Waals surface area (Å²) in [6, 6.07) is 15.2. The molecule has 0 unspecified atom stereocenters. The average molecular weight is 266 g/mol. The van der Waals surface area contributed by atoms with E-state index in [0.717, 1.165) is 24.0 Å². The van der Waals surface area contributed by atoms with Crippen molar-refractivity contribution in [2.45, 2.75) is 12.5 Å². The number of aromatic nitrogens is 1. The van der Waals surface area contributed by atoms with E-state index in [-0.39, 0.29) is 11.9 Å². The van der Waals surface area contributed by atoms with Crippen molar-refractivity contribution in [1.29, 1.82) is 0 Å². The zero-order valence-electron chi connectivity index (χ0n) is 11.0. The lowest BCUT2D eigenvalue weighted by Gasteiger charge is -2.24. The second-order valence-electron chi connectivity index (χ2n) is 5.25. The number of fused-ring (bicyclic) bond motifs is 3. The standard InChI is InChI=1S/C17H15FN2/c18-12-5-3-4-11(10-12)16-17-14(8-9-19-16)13-6-1-2-7-15(13)20-17/h1-7,10,16,19-20H,8-9H2/t16-/m1/s1. The molecule has 2 heterocycles. The largest absolute Gasteiger partial charge is 0.357 e. The van der Waals surface area contributed by atoms with Gasteiger partial charge in [-0.25, -0.2) is 4.39 Å². The molecular weight excluding hydrogens is 251 g/mol. The van der Waals surface area contributed by atoms with Crippen LogP contribution in [-0.4, -0.2) is 11.5 Å². The first-order valence-electron chi connectivity index (χ1n) is 6.91. The number of hydrogen-bond acceptors (Lipinski definition) is 1. The highest BCUT2D eigenvalue weighted by Crippen LogP contribution is 2.33. The third kappa shape index (κ3) is 1.74. The molecule has 100 valence electrons. The van der Waals surface area contributed by atoms with E-state index in [1.807, 2.05) is 12.1 Å². The number of aromatic amines is 1. The van der Waals surface area contributed by atoms with Crippen LogP contribution in [0.25, 0.3) is 10.9 Å². The Morgan fingerprint density at radius 1 is 1.05 bits per heavy atom. The van der Waals surface area contributed by atoms with Crippen LogP contribution in [0.4, 0.5) is 4.39 Å². The van der Waals surface area contributed by atoms with Crippen molar-refractivity contribution in [3.05, 3.63) is 71.2 Å². The molecule has 3 aromatic rings. The van der Waals surface area contributed by atoms with Gasteiger partial charge in [-0.2, -0.15) is 0 Å². The number of benzene rings is 2. The van der Waals surface area contributed by atoms with E-state index in [1.165, 1.54) is 22.7 Å². The van der Waals surface area contributed by atoms with Gasteiger partial charge in [0, 0.05) is 23.1 Å². The fourth-order valence-corrected chi connectivity index (χ4v) is 3.15. The van der Waals surface area contributed by atoms with Gasteiger partial charge >= 0.3 is 0 Å². The van der Waals surface area contributed by atoms with E-state index < -0.39 is 0 Å². The molecule has 4 rings (SSSR count). The van der Waals surface area contributed by atoms with Gasteiger partial charge in [-0.1, -0.05) is 30.3 Å². The summed E-state index contributed by atoms with van der Waals surface area (Å²) in [5, 5.41) is 4.76. The van der Waals surface area contributed by atoms with Crippen molar-refractivity contribution >= 4 is 10.9 Å². The Morgan fingerprint density at radius 2 is 1.95 bits per heavy atom. The minimum atomic E-state index is -0.187. The molecule has 0 fully saturated rings. The van der Waals surface area contributed by atoms with Crippen molar-refractivity contribution in [2.75, 3.05) is 6.54 Å². The van der Waals surface area contributed by atoms with Crippen LogP contribution in [0, 0.1) is 5.82 Å². The first-order valence-corrected chi connectivity index (χ1v) is 6.91. The van der Waals surface area contributed by atoms with Crippen molar-refractivity contribution in [1.82, 2.24) is 10.3 Å². The van der Waals surface area contributed by atoms with E-state index in [0.29, 0.717) is 0 Å². The quantitative estimate of drug-likeness (QED) is 0.692. The van der Waals surface area contributed by atoms with E-state index in [4.69, 9.17) is 0 Å². The summed E-state index contributed by atoms with van der Waals surface area (Å²) in [6.07, 6.45) is 1.01. The predicted molar refractivity (Wildman–Crippen MR) is 78.2 cm³/mol. The van der Waals surface area contributed by atoms with Gasteiger partial charge in [0.2, 0.25) is 0 Å². The van der Waals surface area contributed by atoms with Crippen molar-refractivity contribution in [3.8, 4) is 0 Å². The lowest BCUT2D eigenvalue weighted by atomic mass is 9.94. The molecule has 0 saturated heterocycles. The van der Waals surface area contributed by atoms with Gasteiger partial charge in [-0.05, 0) is 35.7 Å². The smallest absolute Gasteiger partial charge is 0.123 e. The molecule has 1 aliphatic heterocycles. The second kappa shape index (κ2) is 4.46. The third-order valence-corrected chi connectivity index (χ3v) is 4.04. The summed E-state index contributed by atoms with van der Waals surface area (Å²) >= 11 is 0. The van der Waals surface area contributed by atoms with Crippen molar-refractivity contribution in [3.63, 3.8) is 0 Å². The molecule has 2 N–H and O–H groups in total. The van der Waals surface area contributed by atoms with Crippen LogP contribution in [0.3, 0.4) is 0 Å². The summed E-state index contributed by atoms with van der Waals surface area (Å²) in [5.41, 5.74) is 4.65. The average Bonchev–Trinajstić information content (AvgIpc) is 2.86. The summed E-state index contributed by atoms with van der Waals surface area (Å²) in [7, 11) is 0. The maximum absolute atomic E-state index is 13.5. The van der Waals surface area contributed by atoms with Crippen LogP contribution >= 0.6 is 0 Å². The molecular formula is C17H15FN2. The summed E-state index contributed by atoms with van der Waals surface area (Å²) in [6.45, 7) is 0.913. The van der Waals surface area contributed by atoms with Crippen LogP contribution < -0.4 is 5.32 Å².